The minimum Gasteiger partial charge on any atom is -0.369 e. The van der Waals surface area contributed by atoms with E-state index in [1.54, 1.807) is 9.80 Å². The fraction of sp³-hybridized carbons (Fsp3) is 0.533. The van der Waals surface area contributed by atoms with Crippen molar-refractivity contribution < 1.29 is 14.5 Å². The zero-order valence-electron chi connectivity index (χ0n) is 13.7. The van der Waals surface area contributed by atoms with Gasteiger partial charge in [-0.05, 0) is 18.9 Å². The van der Waals surface area contributed by atoms with Gasteiger partial charge in [-0.3, -0.25) is 14.9 Å². The number of carbonyl (C=O) groups is 1. The van der Waals surface area contributed by atoms with Crippen LogP contribution >= 0.6 is 0 Å². The Morgan fingerprint density at radius 3 is 2.72 bits per heavy atom. The predicted molar refractivity (Wildman–Crippen MR) is 89.3 cm³/mol. The van der Waals surface area contributed by atoms with Crippen molar-refractivity contribution in [3.63, 3.8) is 0 Å². The smallest absolute Gasteiger partial charge is 0.313 e. The van der Waals surface area contributed by atoms with Crippen molar-refractivity contribution in [1.29, 1.82) is 0 Å². The molecule has 10 nitrogen and oxygen atoms in total. The summed E-state index contributed by atoms with van der Waals surface area (Å²) in [4.78, 5) is 34.3. The summed E-state index contributed by atoms with van der Waals surface area (Å²) in [5.41, 5.74) is 5.78. The van der Waals surface area contributed by atoms with Crippen molar-refractivity contribution in [2.24, 2.45) is 10.7 Å². The number of carbonyl (C=O) groups excluding carboxylic acids is 1. The maximum Gasteiger partial charge on any atom is 0.313 e. The van der Waals surface area contributed by atoms with Gasteiger partial charge in [-0.2, -0.15) is 4.99 Å². The molecule has 2 saturated heterocycles. The number of guanidine groups is 1. The van der Waals surface area contributed by atoms with Gasteiger partial charge in [0.2, 0.25) is 5.82 Å². The van der Waals surface area contributed by atoms with Gasteiger partial charge in [-0.25, -0.2) is 4.98 Å². The molecular weight excluding hydrogens is 328 g/mol. The summed E-state index contributed by atoms with van der Waals surface area (Å²) >= 11 is 0. The predicted octanol–water partition coefficient (Wildman–Crippen LogP) is 0.259. The lowest BCUT2D eigenvalue weighted by molar-refractivity contribution is -0.384. The SMILES string of the molecule is NC(=Nc1ncccc1[N+](=O)[O-])N1CCN(C(=O)[C@@H]2CCCO2)CC1. The highest BCUT2D eigenvalue weighted by molar-refractivity contribution is 5.83. The van der Waals surface area contributed by atoms with E-state index in [0.717, 1.165) is 12.8 Å². The van der Waals surface area contributed by atoms with Gasteiger partial charge in [-0.1, -0.05) is 0 Å². The number of hydrogen-bond donors (Lipinski definition) is 1. The van der Waals surface area contributed by atoms with Crippen molar-refractivity contribution in [2.45, 2.75) is 18.9 Å². The maximum absolute atomic E-state index is 12.3. The highest BCUT2D eigenvalue weighted by Gasteiger charge is 2.30. The summed E-state index contributed by atoms with van der Waals surface area (Å²) in [6, 6.07) is 2.81. The molecule has 3 rings (SSSR count). The number of amides is 1. The molecule has 1 aromatic heterocycles. The Morgan fingerprint density at radius 2 is 2.08 bits per heavy atom. The number of aromatic nitrogens is 1. The highest BCUT2D eigenvalue weighted by Crippen LogP contribution is 2.23. The molecule has 10 heteroatoms. The van der Waals surface area contributed by atoms with E-state index < -0.39 is 4.92 Å². The molecule has 1 aromatic rings. The molecule has 2 fully saturated rings. The molecule has 2 N–H and O–H groups in total. The van der Waals surface area contributed by atoms with Crippen LogP contribution in [0.3, 0.4) is 0 Å². The van der Waals surface area contributed by atoms with Crippen molar-refractivity contribution in [3.8, 4) is 0 Å². The summed E-state index contributed by atoms with van der Waals surface area (Å²) in [7, 11) is 0. The van der Waals surface area contributed by atoms with E-state index in [0.29, 0.717) is 32.8 Å². The molecule has 0 spiro atoms. The Bertz CT molecular complexity index is 680. The highest BCUT2D eigenvalue weighted by atomic mass is 16.6. The molecule has 0 saturated carbocycles. The van der Waals surface area contributed by atoms with Crippen molar-refractivity contribution in [2.75, 3.05) is 32.8 Å². The fourth-order valence-electron chi connectivity index (χ4n) is 2.93. The largest absolute Gasteiger partial charge is 0.369 e. The van der Waals surface area contributed by atoms with Crippen LogP contribution in [0, 0.1) is 10.1 Å². The van der Waals surface area contributed by atoms with Gasteiger partial charge in [0.05, 0.1) is 4.92 Å². The van der Waals surface area contributed by atoms with E-state index in [9.17, 15) is 14.9 Å². The van der Waals surface area contributed by atoms with Gasteiger partial charge < -0.3 is 20.3 Å². The van der Waals surface area contributed by atoms with E-state index in [1.165, 1.54) is 18.3 Å². The van der Waals surface area contributed by atoms with Crippen molar-refractivity contribution >= 4 is 23.4 Å². The van der Waals surface area contributed by atoms with E-state index in [-0.39, 0.29) is 29.5 Å². The summed E-state index contributed by atoms with van der Waals surface area (Å²) in [5.74, 6) is 0.155. The Labute approximate surface area is 144 Å². The van der Waals surface area contributed by atoms with Crippen LogP contribution in [0.2, 0.25) is 0 Å². The molecule has 1 atom stereocenters. The average molecular weight is 348 g/mol. The molecule has 0 bridgehead atoms. The van der Waals surface area contributed by atoms with Crippen LogP contribution in [-0.2, 0) is 9.53 Å². The molecule has 1 amide bonds. The van der Waals surface area contributed by atoms with Gasteiger partial charge in [0.25, 0.3) is 5.91 Å². The van der Waals surface area contributed by atoms with Gasteiger partial charge in [0, 0.05) is 45.0 Å². The standard InChI is InChI=1S/C15H20N6O4/c16-15(18-13-11(21(23)24)3-1-5-17-13)20-8-6-19(7-9-20)14(22)12-4-2-10-25-12/h1,3,5,12H,2,4,6-10H2,(H2,16,17,18)/t12-/m0/s1. The number of nitro groups is 1. The molecule has 25 heavy (non-hydrogen) atoms. The monoisotopic (exact) mass is 348 g/mol. The second-order valence-electron chi connectivity index (χ2n) is 5.89. The Kier molecular flexibility index (Phi) is 5.08. The number of ether oxygens (including phenoxy) is 1. The molecule has 0 unspecified atom stereocenters. The number of aliphatic imine (C=N–C) groups is 1. The molecule has 134 valence electrons. The summed E-state index contributed by atoms with van der Waals surface area (Å²) in [6.07, 6.45) is 2.79. The van der Waals surface area contributed by atoms with Crippen LogP contribution in [0.5, 0.6) is 0 Å². The molecule has 0 radical (unpaired) electrons. The molecule has 0 aliphatic carbocycles. The van der Waals surface area contributed by atoms with Crippen LogP contribution in [-0.4, -0.2) is 70.5 Å². The zero-order chi connectivity index (χ0) is 17.8. The number of pyridine rings is 1. The van der Waals surface area contributed by atoms with Crippen LogP contribution < -0.4 is 5.73 Å². The number of nitrogens with two attached hydrogens (primary N) is 1. The lowest BCUT2D eigenvalue weighted by Gasteiger charge is -2.36. The summed E-state index contributed by atoms with van der Waals surface area (Å²) < 4.78 is 5.43. The van der Waals surface area contributed by atoms with Gasteiger partial charge in [0.1, 0.15) is 6.10 Å². The van der Waals surface area contributed by atoms with Crippen LogP contribution in [0.4, 0.5) is 11.5 Å². The van der Waals surface area contributed by atoms with Crippen LogP contribution in [0.25, 0.3) is 0 Å². The van der Waals surface area contributed by atoms with Gasteiger partial charge >= 0.3 is 5.69 Å². The second kappa shape index (κ2) is 7.43. The van der Waals surface area contributed by atoms with E-state index >= 15 is 0 Å². The van der Waals surface area contributed by atoms with E-state index in [1.807, 2.05) is 0 Å². The zero-order valence-corrected chi connectivity index (χ0v) is 13.7. The third kappa shape index (κ3) is 3.85. The Morgan fingerprint density at radius 1 is 1.36 bits per heavy atom. The lowest BCUT2D eigenvalue weighted by Crippen LogP contribution is -2.54. The number of nitrogens with zero attached hydrogens (tertiary/aromatic N) is 5. The Hall–Kier alpha value is -2.75. The minimum absolute atomic E-state index is 0.0213. The van der Waals surface area contributed by atoms with E-state index in [4.69, 9.17) is 10.5 Å². The number of piperazine rings is 1. The fourth-order valence-corrected chi connectivity index (χ4v) is 2.93. The number of rotatable bonds is 3. The normalized spacial score (nSPS) is 21.4. The van der Waals surface area contributed by atoms with Gasteiger partial charge in [0.15, 0.2) is 5.96 Å². The second-order valence-corrected chi connectivity index (χ2v) is 5.89. The number of hydrogen-bond acceptors (Lipinski definition) is 6. The third-order valence-corrected chi connectivity index (χ3v) is 4.30. The maximum atomic E-state index is 12.3. The molecule has 3 heterocycles. The minimum atomic E-state index is -0.544. The molecule has 2 aliphatic heterocycles. The summed E-state index contributed by atoms with van der Waals surface area (Å²) in [5, 5.41) is 11.0. The Balaban J connectivity index is 1.62. The lowest BCUT2D eigenvalue weighted by atomic mass is 10.2. The quantitative estimate of drug-likeness (QED) is 0.359. The topological polar surface area (TPSA) is 127 Å². The third-order valence-electron chi connectivity index (χ3n) is 4.30. The first kappa shape index (κ1) is 17.1. The van der Waals surface area contributed by atoms with Crippen LogP contribution in [0.1, 0.15) is 12.8 Å². The van der Waals surface area contributed by atoms with E-state index in [2.05, 4.69) is 9.98 Å². The first-order valence-corrected chi connectivity index (χ1v) is 8.15. The first-order chi connectivity index (χ1) is 12.1. The molecular formula is C15H20N6O4. The first-order valence-electron chi connectivity index (χ1n) is 8.15. The summed E-state index contributed by atoms with van der Waals surface area (Å²) in [6.45, 7) is 2.68. The molecule has 2 aliphatic rings. The van der Waals surface area contributed by atoms with Gasteiger partial charge in [-0.15, -0.1) is 0 Å². The van der Waals surface area contributed by atoms with Crippen LogP contribution in [0.15, 0.2) is 23.3 Å². The average Bonchev–Trinajstić information content (AvgIpc) is 3.16. The molecule has 0 aromatic carbocycles. The van der Waals surface area contributed by atoms with Crippen molar-refractivity contribution in [3.05, 3.63) is 28.4 Å². The van der Waals surface area contributed by atoms with Crippen molar-refractivity contribution in [1.82, 2.24) is 14.8 Å².